The number of piperazine rings is 1. The number of nitrogens with one attached hydrogen (secondary N) is 1. The lowest BCUT2D eigenvalue weighted by Crippen LogP contribution is -2.53. The van der Waals surface area contributed by atoms with Crippen molar-refractivity contribution in [1.82, 2.24) is 14.8 Å². The number of rotatable bonds is 4. The Kier molecular flexibility index (Phi) is 5.52. The zero-order valence-electron chi connectivity index (χ0n) is 12.7. The summed E-state index contributed by atoms with van der Waals surface area (Å²) < 4.78 is 0. The van der Waals surface area contributed by atoms with E-state index in [2.05, 4.69) is 22.1 Å². The molecule has 1 aliphatic rings. The quantitative estimate of drug-likeness (QED) is 0.878. The third-order valence-electron chi connectivity index (χ3n) is 4.06. The van der Waals surface area contributed by atoms with Gasteiger partial charge in [0.25, 0.3) is 0 Å². The van der Waals surface area contributed by atoms with Gasteiger partial charge in [0.1, 0.15) is 0 Å². The molecule has 6 nitrogen and oxygen atoms in total. The highest BCUT2D eigenvalue weighted by atomic mass is 16.3. The molecule has 0 spiro atoms. The Hall–Kier alpha value is -1.66. The van der Waals surface area contributed by atoms with Crippen molar-refractivity contribution in [2.24, 2.45) is 0 Å². The van der Waals surface area contributed by atoms with Crippen LogP contribution in [0.25, 0.3) is 0 Å². The molecule has 1 aromatic rings. The van der Waals surface area contributed by atoms with Crippen molar-refractivity contribution < 1.29 is 9.90 Å². The summed E-state index contributed by atoms with van der Waals surface area (Å²) in [7, 11) is 0. The maximum Gasteiger partial charge on any atom is 0.321 e. The van der Waals surface area contributed by atoms with E-state index in [9.17, 15) is 9.90 Å². The highest BCUT2D eigenvalue weighted by Gasteiger charge is 2.25. The predicted octanol–water partition coefficient (Wildman–Crippen LogP) is 1.31. The van der Waals surface area contributed by atoms with Crippen molar-refractivity contribution in [3.63, 3.8) is 0 Å². The lowest BCUT2D eigenvalue weighted by Gasteiger charge is -2.38. The van der Waals surface area contributed by atoms with Crippen LogP contribution >= 0.6 is 0 Å². The molecule has 0 radical (unpaired) electrons. The van der Waals surface area contributed by atoms with Gasteiger partial charge in [0, 0.05) is 50.3 Å². The number of hydrogen-bond donors (Lipinski definition) is 2. The highest BCUT2D eigenvalue weighted by molar-refractivity contribution is 5.90. The molecular weight excluding hydrogens is 268 g/mol. The zero-order chi connectivity index (χ0) is 15.2. The third kappa shape index (κ3) is 3.92. The fraction of sp³-hybridized carbons (Fsp3) is 0.600. The largest absolute Gasteiger partial charge is 0.395 e. The molecule has 2 N–H and O–H groups in total. The first-order valence-corrected chi connectivity index (χ1v) is 7.47. The number of aryl methyl sites for hydroxylation is 1. The van der Waals surface area contributed by atoms with E-state index in [-0.39, 0.29) is 18.7 Å². The van der Waals surface area contributed by atoms with Crippen LogP contribution in [0.4, 0.5) is 10.5 Å². The first kappa shape index (κ1) is 15.7. The van der Waals surface area contributed by atoms with Crippen LogP contribution in [0.3, 0.4) is 0 Å². The Balaban J connectivity index is 1.87. The van der Waals surface area contributed by atoms with Gasteiger partial charge >= 0.3 is 6.03 Å². The molecule has 1 aliphatic heterocycles. The average molecular weight is 292 g/mol. The molecule has 2 rings (SSSR count). The van der Waals surface area contributed by atoms with E-state index >= 15 is 0 Å². The summed E-state index contributed by atoms with van der Waals surface area (Å²) in [6, 6.07) is 1.95. The number of aliphatic hydroxyl groups is 1. The molecule has 0 bridgehead atoms. The summed E-state index contributed by atoms with van der Waals surface area (Å²) in [5, 5.41) is 12.3. The Morgan fingerprint density at radius 3 is 2.71 bits per heavy atom. The molecule has 21 heavy (non-hydrogen) atoms. The van der Waals surface area contributed by atoms with E-state index in [0.717, 1.165) is 30.8 Å². The number of amides is 2. The van der Waals surface area contributed by atoms with Crippen molar-refractivity contribution in [1.29, 1.82) is 0 Å². The van der Waals surface area contributed by atoms with E-state index in [0.29, 0.717) is 13.1 Å². The summed E-state index contributed by atoms with van der Waals surface area (Å²) in [6.45, 7) is 7.17. The van der Waals surface area contributed by atoms with Gasteiger partial charge in [-0.05, 0) is 25.0 Å². The summed E-state index contributed by atoms with van der Waals surface area (Å²) >= 11 is 0. The summed E-state index contributed by atoms with van der Waals surface area (Å²) in [4.78, 5) is 20.4. The molecule has 116 valence electrons. The van der Waals surface area contributed by atoms with Crippen LogP contribution in [0, 0.1) is 6.92 Å². The van der Waals surface area contributed by atoms with Crippen molar-refractivity contribution in [3.8, 4) is 0 Å². The van der Waals surface area contributed by atoms with Gasteiger partial charge in [0.15, 0.2) is 0 Å². The van der Waals surface area contributed by atoms with E-state index in [1.165, 1.54) is 0 Å². The second-order valence-corrected chi connectivity index (χ2v) is 5.39. The Morgan fingerprint density at radius 1 is 1.43 bits per heavy atom. The van der Waals surface area contributed by atoms with Crippen LogP contribution in [0.15, 0.2) is 18.5 Å². The van der Waals surface area contributed by atoms with Crippen molar-refractivity contribution in [2.75, 3.05) is 38.1 Å². The molecule has 2 amide bonds. The number of aromatic nitrogens is 1. The summed E-state index contributed by atoms with van der Waals surface area (Å²) in [5.41, 5.74) is 1.76. The fourth-order valence-electron chi connectivity index (χ4n) is 2.60. The minimum atomic E-state index is -0.0685. The SMILES string of the molecule is CCC(CO)N1CCN(C(=O)Nc2ccncc2C)CC1. The van der Waals surface area contributed by atoms with E-state index < -0.39 is 0 Å². The van der Waals surface area contributed by atoms with Gasteiger partial charge in [-0.2, -0.15) is 0 Å². The number of nitrogens with zero attached hydrogens (tertiary/aromatic N) is 3. The van der Waals surface area contributed by atoms with Crippen molar-refractivity contribution in [3.05, 3.63) is 24.0 Å². The molecule has 0 aliphatic carbocycles. The molecular formula is C15H24N4O2. The number of carbonyl (C=O) groups is 1. The minimum Gasteiger partial charge on any atom is -0.395 e. The maximum atomic E-state index is 12.3. The van der Waals surface area contributed by atoms with Crippen LogP contribution in [-0.4, -0.2) is 64.7 Å². The molecule has 1 fully saturated rings. The van der Waals surface area contributed by atoms with Crippen LogP contribution in [-0.2, 0) is 0 Å². The normalized spacial score (nSPS) is 17.6. The number of pyridine rings is 1. The topological polar surface area (TPSA) is 68.7 Å². The van der Waals surface area contributed by atoms with Crippen LogP contribution in [0.5, 0.6) is 0 Å². The molecule has 1 aromatic heterocycles. The van der Waals surface area contributed by atoms with Gasteiger partial charge in [0.05, 0.1) is 6.61 Å². The monoisotopic (exact) mass is 292 g/mol. The van der Waals surface area contributed by atoms with Crippen LogP contribution in [0.1, 0.15) is 18.9 Å². The van der Waals surface area contributed by atoms with Gasteiger partial charge < -0.3 is 15.3 Å². The first-order valence-electron chi connectivity index (χ1n) is 7.47. The summed E-state index contributed by atoms with van der Waals surface area (Å²) in [5.74, 6) is 0. The highest BCUT2D eigenvalue weighted by Crippen LogP contribution is 2.14. The van der Waals surface area contributed by atoms with Gasteiger partial charge in [-0.1, -0.05) is 6.92 Å². The number of aliphatic hydroxyl groups excluding tert-OH is 1. The number of anilines is 1. The number of hydrogen-bond acceptors (Lipinski definition) is 4. The zero-order valence-corrected chi connectivity index (χ0v) is 12.7. The molecule has 1 atom stereocenters. The first-order chi connectivity index (χ1) is 10.2. The lowest BCUT2D eigenvalue weighted by molar-refractivity contribution is 0.0766. The van der Waals surface area contributed by atoms with Crippen LogP contribution < -0.4 is 5.32 Å². The van der Waals surface area contributed by atoms with Crippen LogP contribution in [0.2, 0.25) is 0 Å². The Bertz CT molecular complexity index is 468. The standard InChI is InChI=1S/C15H24N4O2/c1-3-13(11-20)18-6-8-19(9-7-18)15(21)17-14-4-5-16-10-12(14)2/h4-5,10,13,20H,3,6-9,11H2,1-2H3,(H,16,17,21). The van der Waals surface area contributed by atoms with Gasteiger partial charge in [-0.25, -0.2) is 4.79 Å². The average Bonchev–Trinajstić information content (AvgIpc) is 2.51. The summed E-state index contributed by atoms with van der Waals surface area (Å²) in [6.07, 6.45) is 4.34. The van der Waals surface area contributed by atoms with Crippen molar-refractivity contribution >= 4 is 11.7 Å². The van der Waals surface area contributed by atoms with E-state index in [1.807, 2.05) is 17.9 Å². The predicted molar refractivity (Wildman–Crippen MR) is 82.3 cm³/mol. The molecule has 0 saturated carbocycles. The Labute approximate surface area is 125 Å². The third-order valence-corrected chi connectivity index (χ3v) is 4.06. The van der Waals surface area contributed by atoms with Gasteiger partial charge in [-0.15, -0.1) is 0 Å². The van der Waals surface area contributed by atoms with Crippen molar-refractivity contribution in [2.45, 2.75) is 26.3 Å². The fourth-order valence-corrected chi connectivity index (χ4v) is 2.60. The maximum absolute atomic E-state index is 12.3. The molecule has 2 heterocycles. The van der Waals surface area contributed by atoms with E-state index in [4.69, 9.17) is 0 Å². The Morgan fingerprint density at radius 2 is 2.14 bits per heavy atom. The number of urea groups is 1. The molecule has 1 saturated heterocycles. The molecule has 0 aromatic carbocycles. The minimum absolute atomic E-state index is 0.0685. The smallest absolute Gasteiger partial charge is 0.321 e. The van der Waals surface area contributed by atoms with Gasteiger partial charge in [0.2, 0.25) is 0 Å². The lowest BCUT2D eigenvalue weighted by atomic mass is 10.2. The van der Waals surface area contributed by atoms with E-state index in [1.54, 1.807) is 12.4 Å². The second kappa shape index (κ2) is 7.38. The molecule has 6 heteroatoms. The molecule has 1 unspecified atom stereocenters. The van der Waals surface area contributed by atoms with Gasteiger partial charge in [-0.3, -0.25) is 9.88 Å². The number of carbonyl (C=O) groups excluding carboxylic acids is 1. The second-order valence-electron chi connectivity index (χ2n) is 5.39.